The molecule has 0 unspecified atom stereocenters. The number of anilines is 1. The van der Waals surface area contributed by atoms with E-state index in [1.54, 1.807) is 19.3 Å². The number of nitrogens with one attached hydrogen (secondary N) is 3. The van der Waals surface area contributed by atoms with Gasteiger partial charge in [-0.1, -0.05) is 0 Å². The van der Waals surface area contributed by atoms with Crippen molar-refractivity contribution in [2.75, 3.05) is 5.32 Å². The lowest BCUT2D eigenvalue weighted by Crippen LogP contribution is -2.59. The standard InChI is InChI=1S/C19H20N8O/c1-11(28)26-19(2)5-13(6-19)24-17-22-9-15-14(8-21-16(15)25-17)12-7-23-18-20-3-4-27(18)10-12/h3-4,7-10,13H,5-6H2,1-2H3,(H,26,28)(H2,21,22,24,25)/t13-,19+. The lowest BCUT2D eigenvalue weighted by atomic mass is 9.74. The van der Waals surface area contributed by atoms with Gasteiger partial charge in [-0.2, -0.15) is 4.98 Å². The molecule has 0 radical (unpaired) electrons. The van der Waals surface area contributed by atoms with Crippen LogP contribution in [0.15, 0.2) is 37.2 Å². The van der Waals surface area contributed by atoms with Gasteiger partial charge in [-0.05, 0) is 19.8 Å². The molecule has 3 N–H and O–H groups in total. The van der Waals surface area contributed by atoms with E-state index in [4.69, 9.17) is 0 Å². The van der Waals surface area contributed by atoms with Gasteiger partial charge < -0.3 is 15.6 Å². The first kappa shape index (κ1) is 16.7. The summed E-state index contributed by atoms with van der Waals surface area (Å²) in [7, 11) is 0. The fourth-order valence-corrected chi connectivity index (χ4v) is 4.01. The highest BCUT2D eigenvalue weighted by molar-refractivity contribution is 5.93. The number of nitrogens with zero attached hydrogens (tertiary/aromatic N) is 5. The first-order chi connectivity index (χ1) is 13.5. The number of carbonyl (C=O) groups is 1. The number of carbonyl (C=O) groups excluding carboxylic acids is 1. The summed E-state index contributed by atoms with van der Waals surface area (Å²) in [5.41, 5.74) is 2.58. The molecule has 4 aromatic rings. The third kappa shape index (κ3) is 2.84. The van der Waals surface area contributed by atoms with Crippen LogP contribution < -0.4 is 10.6 Å². The van der Waals surface area contributed by atoms with Gasteiger partial charge in [0.25, 0.3) is 0 Å². The van der Waals surface area contributed by atoms with E-state index in [0.717, 1.165) is 35.0 Å². The van der Waals surface area contributed by atoms with Crippen molar-refractivity contribution in [1.82, 2.24) is 34.6 Å². The van der Waals surface area contributed by atoms with Crippen LogP contribution in [0.1, 0.15) is 26.7 Å². The molecule has 0 aliphatic heterocycles. The van der Waals surface area contributed by atoms with Gasteiger partial charge in [0.1, 0.15) is 5.65 Å². The maximum atomic E-state index is 11.3. The molecule has 1 fully saturated rings. The predicted octanol–water partition coefficient (Wildman–Crippen LogP) is 2.14. The number of hydrogen-bond acceptors (Lipinski definition) is 6. The Bertz CT molecular complexity index is 1190. The average Bonchev–Trinajstić information content (AvgIpc) is 3.25. The van der Waals surface area contributed by atoms with E-state index >= 15 is 0 Å². The van der Waals surface area contributed by atoms with Crippen LogP contribution in [0.3, 0.4) is 0 Å². The molecule has 0 atom stereocenters. The van der Waals surface area contributed by atoms with Crippen molar-refractivity contribution in [3.05, 3.63) is 37.2 Å². The highest BCUT2D eigenvalue weighted by Gasteiger charge is 2.41. The quantitative estimate of drug-likeness (QED) is 0.503. The first-order valence-electron chi connectivity index (χ1n) is 9.18. The molecule has 1 saturated carbocycles. The fraction of sp³-hybridized carbons (Fsp3) is 0.316. The largest absolute Gasteiger partial charge is 0.351 e. The molecule has 9 nitrogen and oxygen atoms in total. The summed E-state index contributed by atoms with van der Waals surface area (Å²) in [6, 6.07) is 0.247. The molecule has 1 aliphatic rings. The molecule has 0 saturated heterocycles. The van der Waals surface area contributed by atoms with E-state index < -0.39 is 0 Å². The molecule has 4 aromatic heterocycles. The number of imidazole rings is 1. The Labute approximate surface area is 160 Å². The molecular weight excluding hydrogens is 356 g/mol. The summed E-state index contributed by atoms with van der Waals surface area (Å²) >= 11 is 0. The van der Waals surface area contributed by atoms with Crippen LogP contribution in [-0.4, -0.2) is 46.8 Å². The van der Waals surface area contributed by atoms with Crippen molar-refractivity contribution >= 4 is 28.7 Å². The second-order valence-electron chi connectivity index (χ2n) is 7.63. The maximum Gasteiger partial charge on any atom is 0.233 e. The van der Waals surface area contributed by atoms with Gasteiger partial charge in [-0.25, -0.2) is 15.0 Å². The molecule has 0 spiro atoms. The van der Waals surface area contributed by atoms with Gasteiger partial charge in [0.2, 0.25) is 17.6 Å². The number of fused-ring (bicyclic) bond motifs is 2. The van der Waals surface area contributed by atoms with E-state index in [1.807, 2.05) is 29.2 Å². The molecule has 4 heterocycles. The monoisotopic (exact) mass is 376 g/mol. The molecule has 1 amide bonds. The van der Waals surface area contributed by atoms with Crippen LogP contribution in [0, 0.1) is 0 Å². The van der Waals surface area contributed by atoms with Crippen molar-refractivity contribution in [3.63, 3.8) is 0 Å². The molecule has 142 valence electrons. The molecule has 9 heteroatoms. The van der Waals surface area contributed by atoms with E-state index in [2.05, 4.69) is 42.5 Å². The zero-order valence-electron chi connectivity index (χ0n) is 15.6. The summed E-state index contributed by atoms with van der Waals surface area (Å²) in [5, 5.41) is 7.28. The summed E-state index contributed by atoms with van der Waals surface area (Å²) in [4.78, 5) is 32.1. The Morgan fingerprint density at radius 3 is 2.96 bits per heavy atom. The van der Waals surface area contributed by atoms with Gasteiger partial charge >= 0.3 is 0 Å². The number of hydrogen-bond donors (Lipinski definition) is 3. The summed E-state index contributed by atoms with van der Waals surface area (Å²) in [5.74, 6) is 1.25. The zero-order chi connectivity index (χ0) is 19.3. The van der Waals surface area contributed by atoms with Crippen LogP contribution in [-0.2, 0) is 4.79 Å². The van der Waals surface area contributed by atoms with E-state index in [1.165, 1.54) is 0 Å². The SMILES string of the molecule is CC(=O)N[C@]1(C)C[C@H](Nc2ncc3c(-c4cnc5nccn5c4)c[nH]c3n2)C1. The van der Waals surface area contributed by atoms with Crippen molar-refractivity contribution in [1.29, 1.82) is 0 Å². The van der Waals surface area contributed by atoms with Gasteiger partial charge in [0, 0.05) is 72.2 Å². The maximum absolute atomic E-state index is 11.3. The van der Waals surface area contributed by atoms with E-state index in [9.17, 15) is 4.79 Å². The van der Waals surface area contributed by atoms with E-state index in [-0.39, 0.29) is 17.5 Å². The molecule has 0 bridgehead atoms. The number of H-pyrrole nitrogens is 1. The van der Waals surface area contributed by atoms with Crippen molar-refractivity contribution < 1.29 is 4.79 Å². The van der Waals surface area contributed by atoms with Crippen LogP contribution in [0.5, 0.6) is 0 Å². The molecule has 0 aromatic carbocycles. The van der Waals surface area contributed by atoms with Crippen LogP contribution in [0.4, 0.5) is 5.95 Å². The third-order valence-electron chi connectivity index (χ3n) is 5.19. The zero-order valence-corrected chi connectivity index (χ0v) is 15.6. The van der Waals surface area contributed by atoms with Crippen LogP contribution >= 0.6 is 0 Å². The minimum absolute atomic E-state index is 0.000838. The molecular formula is C19H20N8O. The van der Waals surface area contributed by atoms with Gasteiger partial charge in [0.05, 0.1) is 0 Å². The van der Waals surface area contributed by atoms with Crippen LogP contribution in [0.2, 0.25) is 0 Å². The molecule has 28 heavy (non-hydrogen) atoms. The highest BCUT2D eigenvalue weighted by Crippen LogP contribution is 2.34. The average molecular weight is 376 g/mol. The van der Waals surface area contributed by atoms with Gasteiger partial charge in [0.15, 0.2) is 0 Å². The van der Waals surface area contributed by atoms with Crippen LogP contribution in [0.25, 0.3) is 27.9 Å². The minimum Gasteiger partial charge on any atom is -0.351 e. The number of amides is 1. The smallest absolute Gasteiger partial charge is 0.233 e. The Balaban J connectivity index is 1.36. The number of aromatic amines is 1. The Morgan fingerprint density at radius 1 is 1.29 bits per heavy atom. The highest BCUT2D eigenvalue weighted by atomic mass is 16.1. The Hall–Kier alpha value is -3.49. The minimum atomic E-state index is -0.147. The number of aromatic nitrogens is 6. The lowest BCUT2D eigenvalue weighted by molar-refractivity contribution is -0.121. The molecule has 5 rings (SSSR count). The summed E-state index contributed by atoms with van der Waals surface area (Å²) in [6.07, 6.45) is 12.8. The molecule has 1 aliphatic carbocycles. The second-order valence-corrected chi connectivity index (χ2v) is 7.63. The Kier molecular flexibility index (Phi) is 3.58. The third-order valence-corrected chi connectivity index (χ3v) is 5.19. The van der Waals surface area contributed by atoms with Gasteiger partial charge in [-0.3, -0.25) is 9.20 Å². The normalized spacial score (nSPS) is 21.6. The van der Waals surface area contributed by atoms with Crippen molar-refractivity contribution in [3.8, 4) is 11.1 Å². The summed E-state index contributed by atoms with van der Waals surface area (Å²) < 4.78 is 1.88. The van der Waals surface area contributed by atoms with E-state index in [0.29, 0.717) is 11.7 Å². The number of rotatable bonds is 4. The van der Waals surface area contributed by atoms with Crippen molar-refractivity contribution in [2.45, 2.75) is 38.3 Å². The lowest BCUT2D eigenvalue weighted by Gasteiger charge is -2.45. The predicted molar refractivity (Wildman–Crippen MR) is 105 cm³/mol. The second kappa shape index (κ2) is 6.01. The fourth-order valence-electron chi connectivity index (χ4n) is 4.01. The Morgan fingerprint density at radius 2 is 2.14 bits per heavy atom. The topological polar surface area (TPSA) is 113 Å². The summed E-state index contributed by atoms with van der Waals surface area (Å²) in [6.45, 7) is 3.60. The van der Waals surface area contributed by atoms with Gasteiger partial charge in [-0.15, -0.1) is 0 Å². The van der Waals surface area contributed by atoms with Crippen molar-refractivity contribution in [2.24, 2.45) is 0 Å². The first-order valence-corrected chi connectivity index (χ1v) is 9.18.